The molecule has 0 atom stereocenters. The van der Waals surface area contributed by atoms with Gasteiger partial charge in [-0.2, -0.15) is 0 Å². The Hall–Kier alpha value is -1.32. The van der Waals surface area contributed by atoms with Gasteiger partial charge in [0.05, 0.1) is 12.8 Å². The summed E-state index contributed by atoms with van der Waals surface area (Å²) in [6.45, 7) is 4.30. The molecule has 0 unspecified atom stereocenters. The van der Waals surface area contributed by atoms with E-state index in [4.69, 9.17) is 0 Å². The molecule has 0 saturated heterocycles. The van der Waals surface area contributed by atoms with Gasteiger partial charge >= 0.3 is 0 Å². The molecule has 18 heavy (non-hydrogen) atoms. The van der Waals surface area contributed by atoms with Crippen LogP contribution in [0.15, 0.2) is 0 Å². The summed E-state index contributed by atoms with van der Waals surface area (Å²) in [5.41, 5.74) is 0. The summed E-state index contributed by atoms with van der Waals surface area (Å²) in [5, 5.41) is 0. The Morgan fingerprint density at radius 3 is 1.78 bits per heavy atom. The van der Waals surface area contributed by atoms with Crippen LogP contribution in [0.2, 0.25) is 0 Å². The average Bonchev–Trinajstić information content (AvgIpc) is 2.39. The smallest absolute Gasteiger partial charge is 0.0702 e. The van der Waals surface area contributed by atoms with E-state index in [1.165, 1.54) is 38.5 Å². The Labute approximate surface area is 114 Å². The first kappa shape index (κ1) is 16.7. The molecule has 0 saturated carbocycles. The Morgan fingerprint density at radius 2 is 1.11 bits per heavy atom. The Bertz CT molecular complexity index is 343. The first-order valence-electron chi connectivity index (χ1n) is 7.29. The third-order valence-electron chi connectivity index (χ3n) is 2.56. The molecule has 0 spiro atoms. The molecule has 0 aromatic rings. The van der Waals surface area contributed by atoms with Crippen LogP contribution < -0.4 is 0 Å². The van der Waals surface area contributed by atoms with Crippen LogP contribution in [-0.2, 0) is 0 Å². The van der Waals surface area contributed by atoms with Crippen molar-refractivity contribution in [3.63, 3.8) is 0 Å². The highest BCUT2D eigenvalue weighted by molar-refractivity contribution is 5.15. The first-order valence-corrected chi connectivity index (χ1v) is 7.29. The lowest BCUT2D eigenvalue weighted by Crippen LogP contribution is -1.77. The van der Waals surface area contributed by atoms with Gasteiger partial charge < -0.3 is 0 Å². The summed E-state index contributed by atoms with van der Waals surface area (Å²) >= 11 is 0. The lowest BCUT2D eigenvalue weighted by atomic mass is 10.1. The van der Waals surface area contributed by atoms with E-state index >= 15 is 0 Å². The molecule has 0 amide bonds. The van der Waals surface area contributed by atoms with Crippen molar-refractivity contribution in [3.05, 3.63) is 0 Å². The van der Waals surface area contributed by atoms with Crippen molar-refractivity contribution in [2.24, 2.45) is 0 Å². The van der Waals surface area contributed by atoms with Gasteiger partial charge in [0.25, 0.3) is 0 Å². The van der Waals surface area contributed by atoms with Crippen LogP contribution in [0.25, 0.3) is 0 Å². The summed E-state index contributed by atoms with van der Waals surface area (Å²) in [4.78, 5) is 0. The fourth-order valence-electron chi connectivity index (χ4n) is 1.55. The Morgan fingerprint density at radius 1 is 0.556 bits per heavy atom. The quantitative estimate of drug-likeness (QED) is 0.457. The first-order chi connectivity index (χ1) is 8.91. The van der Waals surface area contributed by atoms with Crippen LogP contribution >= 0.6 is 0 Å². The molecule has 0 fully saturated rings. The third-order valence-corrected chi connectivity index (χ3v) is 2.56. The van der Waals surface area contributed by atoms with Gasteiger partial charge in [0.15, 0.2) is 0 Å². The summed E-state index contributed by atoms with van der Waals surface area (Å²) in [6, 6.07) is 0. The van der Waals surface area contributed by atoms with E-state index in [-0.39, 0.29) is 0 Å². The normalized spacial score (nSPS) is 8.33. The van der Waals surface area contributed by atoms with Crippen molar-refractivity contribution in [3.8, 4) is 35.5 Å². The molecular weight excluding hydrogens is 216 g/mol. The predicted octanol–water partition coefficient (Wildman–Crippen LogP) is 4.94. The monoisotopic (exact) mass is 242 g/mol. The number of rotatable bonds is 6. The SMILES string of the molecule is CCC#CCC#CCC#CCCCCCCCC. The minimum atomic E-state index is 0.687. The molecule has 0 radical (unpaired) electrons. The van der Waals surface area contributed by atoms with E-state index in [1.54, 1.807) is 0 Å². The highest BCUT2D eigenvalue weighted by Gasteiger charge is 1.87. The van der Waals surface area contributed by atoms with Crippen LogP contribution in [-0.4, -0.2) is 0 Å². The van der Waals surface area contributed by atoms with Crippen molar-refractivity contribution in [2.45, 2.75) is 78.1 Å². The van der Waals surface area contributed by atoms with Crippen molar-refractivity contribution < 1.29 is 0 Å². The van der Waals surface area contributed by atoms with Crippen LogP contribution in [0.3, 0.4) is 0 Å². The molecule has 0 rings (SSSR count). The molecular formula is C18H26. The van der Waals surface area contributed by atoms with E-state index in [9.17, 15) is 0 Å². The Balaban J connectivity index is 3.33. The van der Waals surface area contributed by atoms with Gasteiger partial charge in [0.1, 0.15) is 0 Å². The highest BCUT2D eigenvalue weighted by atomic mass is 13.9. The van der Waals surface area contributed by atoms with Crippen molar-refractivity contribution in [1.82, 2.24) is 0 Å². The molecule has 0 N–H and O–H groups in total. The molecule has 0 nitrogen and oxygen atoms in total. The van der Waals surface area contributed by atoms with Crippen LogP contribution in [0.5, 0.6) is 0 Å². The highest BCUT2D eigenvalue weighted by Crippen LogP contribution is 2.05. The Kier molecular flexibility index (Phi) is 14.5. The fourth-order valence-corrected chi connectivity index (χ4v) is 1.55. The van der Waals surface area contributed by atoms with Gasteiger partial charge in [-0.15, -0.1) is 11.8 Å². The van der Waals surface area contributed by atoms with E-state index in [0.717, 1.165) is 12.8 Å². The summed E-state index contributed by atoms with van der Waals surface area (Å²) in [7, 11) is 0. The van der Waals surface area contributed by atoms with Gasteiger partial charge in [0.2, 0.25) is 0 Å². The van der Waals surface area contributed by atoms with E-state index in [0.29, 0.717) is 12.8 Å². The zero-order valence-electron chi connectivity index (χ0n) is 12.1. The summed E-state index contributed by atoms with van der Waals surface area (Å²) in [5.74, 6) is 18.4. The topological polar surface area (TPSA) is 0 Å². The zero-order valence-corrected chi connectivity index (χ0v) is 12.1. The maximum absolute atomic E-state index is 3.19. The molecule has 0 aliphatic carbocycles. The van der Waals surface area contributed by atoms with Crippen molar-refractivity contribution >= 4 is 0 Å². The molecule has 0 heteroatoms. The van der Waals surface area contributed by atoms with Gasteiger partial charge in [0, 0.05) is 12.8 Å². The summed E-state index contributed by atoms with van der Waals surface area (Å²) in [6.07, 6.45) is 11.3. The molecule has 98 valence electrons. The fraction of sp³-hybridized carbons (Fsp3) is 0.667. The maximum atomic E-state index is 3.19. The zero-order chi connectivity index (χ0) is 13.3. The van der Waals surface area contributed by atoms with Gasteiger partial charge in [-0.25, -0.2) is 0 Å². The van der Waals surface area contributed by atoms with E-state index < -0.39 is 0 Å². The number of hydrogen-bond acceptors (Lipinski definition) is 0. The molecule has 0 aromatic carbocycles. The van der Waals surface area contributed by atoms with Gasteiger partial charge in [-0.05, 0) is 6.42 Å². The van der Waals surface area contributed by atoms with Gasteiger partial charge in [-0.1, -0.05) is 69.6 Å². The molecule has 0 aliphatic heterocycles. The largest absolute Gasteiger partial charge is 0.103 e. The predicted molar refractivity (Wildman–Crippen MR) is 80.8 cm³/mol. The molecule has 0 heterocycles. The standard InChI is InChI=1S/C18H26/c1-3-5-7-9-11-13-15-17-18-16-14-12-10-8-6-4-2/h3-5,7,9-11,13,15-16H2,1-2H3. The number of hydrogen-bond donors (Lipinski definition) is 0. The van der Waals surface area contributed by atoms with Crippen LogP contribution in [0, 0.1) is 35.5 Å². The lowest BCUT2D eigenvalue weighted by Gasteiger charge is -1.96. The minimum Gasteiger partial charge on any atom is -0.103 e. The molecule has 0 bridgehead atoms. The lowest BCUT2D eigenvalue weighted by molar-refractivity contribution is 0.614. The van der Waals surface area contributed by atoms with Gasteiger partial charge in [-0.3, -0.25) is 0 Å². The second kappa shape index (κ2) is 15.7. The van der Waals surface area contributed by atoms with Crippen LogP contribution in [0.4, 0.5) is 0 Å². The molecule has 0 aliphatic rings. The van der Waals surface area contributed by atoms with Crippen molar-refractivity contribution in [1.29, 1.82) is 0 Å². The van der Waals surface area contributed by atoms with Crippen LogP contribution in [0.1, 0.15) is 78.1 Å². The van der Waals surface area contributed by atoms with E-state index in [1.807, 2.05) is 6.92 Å². The average molecular weight is 242 g/mol. The maximum Gasteiger partial charge on any atom is 0.0702 e. The number of unbranched alkanes of at least 4 members (excludes halogenated alkanes) is 6. The van der Waals surface area contributed by atoms with Crippen molar-refractivity contribution in [2.75, 3.05) is 0 Å². The second-order valence-electron chi connectivity index (χ2n) is 4.29. The van der Waals surface area contributed by atoms with E-state index in [2.05, 4.69) is 42.4 Å². The molecule has 0 aromatic heterocycles. The third kappa shape index (κ3) is 14.7. The minimum absolute atomic E-state index is 0.687. The second-order valence-corrected chi connectivity index (χ2v) is 4.29. The summed E-state index contributed by atoms with van der Waals surface area (Å²) < 4.78 is 0.